The summed E-state index contributed by atoms with van der Waals surface area (Å²) in [6.07, 6.45) is 1.22. The number of carboxylic acid groups (broad SMARTS) is 1. The van der Waals surface area contributed by atoms with E-state index >= 15 is 0 Å². The standard InChI is InChI=1S/C14H18N2O3/c1-3-14(2,13(18)19)16-12(17)10-4-5-11-9(8-10)6-7-15-11/h4-5,8,15H,3,6-7H2,1-2H3,(H,16,17)(H,18,19). The van der Waals surface area contributed by atoms with E-state index in [4.69, 9.17) is 5.11 Å². The number of hydrogen-bond donors (Lipinski definition) is 3. The number of benzene rings is 1. The van der Waals surface area contributed by atoms with Crippen molar-refractivity contribution in [2.24, 2.45) is 0 Å². The lowest BCUT2D eigenvalue weighted by Gasteiger charge is -2.24. The van der Waals surface area contributed by atoms with Gasteiger partial charge in [-0.15, -0.1) is 0 Å². The summed E-state index contributed by atoms with van der Waals surface area (Å²) >= 11 is 0. The van der Waals surface area contributed by atoms with Gasteiger partial charge in [-0.3, -0.25) is 4.79 Å². The lowest BCUT2D eigenvalue weighted by atomic mass is 9.98. The second-order valence-electron chi connectivity index (χ2n) is 4.99. The molecule has 1 heterocycles. The van der Waals surface area contributed by atoms with Crippen molar-refractivity contribution in [1.82, 2.24) is 5.32 Å². The number of carbonyl (C=O) groups excluding carboxylic acids is 1. The summed E-state index contributed by atoms with van der Waals surface area (Å²) < 4.78 is 0. The molecular weight excluding hydrogens is 244 g/mol. The molecule has 0 spiro atoms. The Bertz CT molecular complexity index is 527. The Morgan fingerprint density at radius 2 is 2.21 bits per heavy atom. The first-order valence-electron chi connectivity index (χ1n) is 6.39. The smallest absolute Gasteiger partial charge is 0.329 e. The molecule has 1 aliphatic rings. The number of fused-ring (bicyclic) bond motifs is 1. The van der Waals surface area contributed by atoms with Gasteiger partial charge in [0.15, 0.2) is 0 Å². The van der Waals surface area contributed by atoms with Crippen LogP contribution in [0.2, 0.25) is 0 Å². The van der Waals surface area contributed by atoms with Crippen molar-refractivity contribution in [3.8, 4) is 0 Å². The van der Waals surface area contributed by atoms with Crippen LogP contribution in [0.4, 0.5) is 5.69 Å². The van der Waals surface area contributed by atoms with Gasteiger partial charge in [0.2, 0.25) is 0 Å². The maximum absolute atomic E-state index is 12.1. The van der Waals surface area contributed by atoms with Gasteiger partial charge in [0.25, 0.3) is 5.91 Å². The van der Waals surface area contributed by atoms with Crippen LogP contribution in [0.25, 0.3) is 0 Å². The largest absolute Gasteiger partial charge is 0.480 e. The number of aliphatic carboxylic acids is 1. The monoisotopic (exact) mass is 262 g/mol. The van der Waals surface area contributed by atoms with Crippen LogP contribution in [0.15, 0.2) is 18.2 Å². The fourth-order valence-electron chi connectivity index (χ4n) is 2.06. The van der Waals surface area contributed by atoms with E-state index in [0.717, 1.165) is 24.2 Å². The van der Waals surface area contributed by atoms with Gasteiger partial charge >= 0.3 is 5.97 Å². The van der Waals surface area contributed by atoms with Crippen LogP contribution in [-0.2, 0) is 11.2 Å². The molecule has 0 radical (unpaired) electrons. The summed E-state index contributed by atoms with van der Waals surface area (Å²) in [5.41, 5.74) is 1.42. The highest BCUT2D eigenvalue weighted by Gasteiger charge is 2.33. The van der Waals surface area contributed by atoms with E-state index in [1.165, 1.54) is 6.92 Å². The van der Waals surface area contributed by atoms with Gasteiger partial charge in [0.05, 0.1) is 0 Å². The number of nitrogens with one attached hydrogen (secondary N) is 2. The molecule has 1 aromatic carbocycles. The zero-order valence-electron chi connectivity index (χ0n) is 11.1. The summed E-state index contributed by atoms with van der Waals surface area (Å²) in [4.78, 5) is 23.3. The minimum absolute atomic E-state index is 0.334. The molecule has 19 heavy (non-hydrogen) atoms. The predicted octanol–water partition coefficient (Wildman–Crippen LogP) is 1.64. The summed E-state index contributed by atoms with van der Waals surface area (Å²) in [5, 5.41) is 15.0. The van der Waals surface area contributed by atoms with Gasteiger partial charge in [-0.25, -0.2) is 4.79 Å². The Balaban J connectivity index is 2.18. The van der Waals surface area contributed by atoms with Crippen LogP contribution in [0.1, 0.15) is 36.2 Å². The lowest BCUT2D eigenvalue weighted by Crippen LogP contribution is -2.51. The molecule has 0 fully saturated rings. The topological polar surface area (TPSA) is 78.4 Å². The van der Waals surface area contributed by atoms with Crippen molar-refractivity contribution >= 4 is 17.6 Å². The number of carboxylic acids is 1. The molecule has 1 aliphatic heterocycles. The quantitative estimate of drug-likeness (QED) is 0.770. The second kappa shape index (κ2) is 4.91. The van der Waals surface area contributed by atoms with E-state index in [1.54, 1.807) is 13.0 Å². The molecule has 0 saturated heterocycles. The first-order chi connectivity index (χ1) is 8.96. The summed E-state index contributed by atoms with van der Waals surface area (Å²) in [6.45, 7) is 4.13. The number of amides is 1. The molecule has 3 N–H and O–H groups in total. The molecule has 102 valence electrons. The average molecular weight is 262 g/mol. The average Bonchev–Trinajstić information content (AvgIpc) is 2.85. The van der Waals surface area contributed by atoms with Crippen molar-refractivity contribution < 1.29 is 14.7 Å². The predicted molar refractivity (Wildman–Crippen MR) is 72.4 cm³/mol. The molecule has 1 unspecified atom stereocenters. The van der Waals surface area contributed by atoms with E-state index in [-0.39, 0.29) is 5.91 Å². The zero-order valence-corrected chi connectivity index (χ0v) is 11.1. The van der Waals surface area contributed by atoms with Crippen molar-refractivity contribution in [1.29, 1.82) is 0 Å². The number of anilines is 1. The van der Waals surface area contributed by atoms with E-state index < -0.39 is 11.5 Å². The van der Waals surface area contributed by atoms with Gasteiger partial charge in [-0.1, -0.05) is 6.92 Å². The SMILES string of the molecule is CCC(C)(NC(=O)c1ccc2c(c1)CCN2)C(=O)O. The number of carbonyl (C=O) groups is 2. The molecule has 0 bridgehead atoms. The van der Waals surface area contributed by atoms with Crippen molar-refractivity contribution in [3.63, 3.8) is 0 Å². The summed E-state index contributed by atoms with van der Waals surface area (Å²) in [7, 11) is 0. The van der Waals surface area contributed by atoms with Gasteiger partial charge in [0.1, 0.15) is 5.54 Å². The maximum atomic E-state index is 12.1. The highest BCUT2D eigenvalue weighted by molar-refractivity contribution is 5.98. The Labute approximate surface area is 112 Å². The number of hydrogen-bond acceptors (Lipinski definition) is 3. The van der Waals surface area contributed by atoms with Gasteiger partial charge in [0, 0.05) is 17.8 Å². The van der Waals surface area contributed by atoms with Crippen molar-refractivity contribution in [2.75, 3.05) is 11.9 Å². The molecule has 1 aromatic rings. The van der Waals surface area contributed by atoms with Gasteiger partial charge < -0.3 is 15.7 Å². The molecule has 0 saturated carbocycles. The molecule has 0 aliphatic carbocycles. The Kier molecular flexibility index (Phi) is 3.46. The van der Waals surface area contributed by atoms with Crippen LogP contribution in [0, 0.1) is 0 Å². The van der Waals surface area contributed by atoms with E-state index in [9.17, 15) is 9.59 Å². The van der Waals surface area contributed by atoms with E-state index in [0.29, 0.717) is 12.0 Å². The second-order valence-corrected chi connectivity index (χ2v) is 4.99. The third-order valence-corrected chi connectivity index (χ3v) is 3.65. The minimum atomic E-state index is -1.23. The number of rotatable bonds is 4. The lowest BCUT2D eigenvalue weighted by molar-refractivity contribution is -0.143. The summed E-state index contributed by atoms with van der Waals surface area (Å²) in [5.74, 6) is -1.37. The van der Waals surface area contributed by atoms with Crippen molar-refractivity contribution in [3.05, 3.63) is 29.3 Å². The maximum Gasteiger partial charge on any atom is 0.329 e. The van der Waals surface area contributed by atoms with Crippen molar-refractivity contribution in [2.45, 2.75) is 32.2 Å². The zero-order chi connectivity index (χ0) is 14.0. The molecule has 5 heteroatoms. The third kappa shape index (κ3) is 2.54. The van der Waals surface area contributed by atoms with Crippen LogP contribution >= 0.6 is 0 Å². The van der Waals surface area contributed by atoms with E-state index in [1.807, 2.05) is 12.1 Å². The van der Waals surface area contributed by atoms with Crippen LogP contribution in [0.5, 0.6) is 0 Å². The highest BCUT2D eigenvalue weighted by Crippen LogP contribution is 2.23. The molecule has 1 atom stereocenters. The van der Waals surface area contributed by atoms with Gasteiger partial charge in [-0.2, -0.15) is 0 Å². The first kappa shape index (κ1) is 13.4. The van der Waals surface area contributed by atoms with Crippen LogP contribution < -0.4 is 10.6 Å². The minimum Gasteiger partial charge on any atom is -0.480 e. The Morgan fingerprint density at radius 1 is 1.47 bits per heavy atom. The molecular formula is C14H18N2O3. The summed E-state index contributed by atoms with van der Waals surface area (Å²) in [6, 6.07) is 5.40. The third-order valence-electron chi connectivity index (χ3n) is 3.65. The van der Waals surface area contributed by atoms with E-state index in [2.05, 4.69) is 10.6 Å². The Hall–Kier alpha value is -2.04. The molecule has 0 aromatic heterocycles. The van der Waals surface area contributed by atoms with Crippen LogP contribution in [-0.4, -0.2) is 29.1 Å². The van der Waals surface area contributed by atoms with Crippen LogP contribution in [0.3, 0.4) is 0 Å². The Morgan fingerprint density at radius 3 is 2.84 bits per heavy atom. The molecule has 1 amide bonds. The highest BCUT2D eigenvalue weighted by atomic mass is 16.4. The molecule has 5 nitrogen and oxygen atoms in total. The first-order valence-corrected chi connectivity index (χ1v) is 6.39. The fraction of sp³-hybridized carbons (Fsp3) is 0.429. The fourth-order valence-corrected chi connectivity index (χ4v) is 2.06. The normalized spacial score (nSPS) is 16.1. The van der Waals surface area contributed by atoms with Gasteiger partial charge in [-0.05, 0) is 43.5 Å². The molecule has 2 rings (SSSR count).